The minimum atomic E-state index is -0.0439. The molecule has 3 aliphatic rings. The quantitative estimate of drug-likeness (QED) is 0.834. The summed E-state index contributed by atoms with van der Waals surface area (Å²) in [6, 6.07) is 10.00. The zero-order valence-electron chi connectivity index (χ0n) is 14.3. The van der Waals surface area contributed by atoms with Gasteiger partial charge in [0.15, 0.2) is 0 Å². The third kappa shape index (κ3) is 3.81. The second-order valence-electron chi connectivity index (χ2n) is 7.64. The van der Waals surface area contributed by atoms with Crippen LogP contribution in [0.1, 0.15) is 37.7 Å². The zero-order chi connectivity index (χ0) is 16.4. The van der Waals surface area contributed by atoms with Crippen molar-refractivity contribution in [3.8, 4) is 0 Å². The first kappa shape index (κ1) is 16.1. The smallest absolute Gasteiger partial charge is 0.226 e. The third-order valence-corrected chi connectivity index (χ3v) is 5.67. The number of likely N-dealkylation sites (tertiary alicyclic amines) is 1. The molecule has 1 aromatic carbocycles. The van der Waals surface area contributed by atoms with Crippen LogP contribution in [0.25, 0.3) is 0 Å². The van der Waals surface area contributed by atoms with E-state index in [4.69, 9.17) is 9.47 Å². The minimum absolute atomic E-state index is 0.0439. The summed E-state index contributed by atoms with van der Waals surface area (Å²) in [5, 5.41) is 0. The lowest BCUT2D eigenvalue weighted by atomic mass is 9.87. The molecule has 0 N–H and O–H groups in total. The average Bonchev–Trinajstić information content (AvgIpc) is 3.36. The van der Waals surface area contributed by atoms with Gasteiger partial charge in [-0.3, -0.25) is 4.79 Å². The van der Waals surface area contributed by atoms with Crippen LogP contribution in [0.2, 0.25) is 0 Å². The molecule has 0 radical (unpaired) electrons. The van der Waals surface area contributed by atoms with Crippen LogP contribution in [0.15, 0.2) is 30.3 Å². The Morgan fingerprint density at radius 2 is 1.96 bits per heavy atom. The van der Waals surface area contributed by atoms with Crippen LogP contribution in [-0.4, -0.2) is 48.8 Å². The van der Waals surface area contributed by atoms with Gasteiger partial charge in [0.2, 0.25) is 5.91 Å². The summed E-state index contributed by atoms with van der Waals surface area (Å²) in [5.74, 6) is 1.04. The number of ether oxygens (including phenoxy) is 2. The lowest BCUT2D eigenvalue weighted by molar-refractivity contribution is -0.135. The van der Waals surface area contributed by atoms with E-state index < -0.39 is 0 Å². The van der Waals surface area contributed by atoms with Gasteiger partial charge in [-0.1, -0.05) is 30.3 Å². The molecule has 3 fully saturated rings. The number of hydrogen-bond donors (Lipinski definition) is 0. The first-order valence-electron chi connectivity index (χ1n) is 9.30. The van der Waals surface area contributed by atoms with E-state index in [2.05, 4.69) is 0 Å². The van der Waals surface area contributed by atoms with Gasteiger partial charge in [0, 0.05) is 26.1 Å². The molecule has 1 atom stereocenters. The van der Waals surface area contributed by atoms with Gasteiger partial charge in [0.25, 0.3) is 0 Å². The van der Waals surface area contributed by atoms with Gasteiger partial charge >= 0.3 is 0 Å². The Morgan fingerprint density at radius 3 is 2.67 bits per heavy atom. The molecule has 1 amide bonds. The lowest BCUT2D eigenvalue weighted by Crippen LogP contribution is -2.47. The molecule has 1 spiro atoms. The Kier molecular flexibility index (Phi) is 4.59. The van der Waals surface area contributed by atoms with Crippen molar-refractivity contribution in [3.63, 3.8) is 0 Å². The largest absolute Gasteiger partial charge is 0.375 e. The molecule has 0 aromatic heterocycles. The molecule has 4 rings (SSSR count). The van der Waals surface area contributed by atoms with E-state index in [1.165, 1.54) is 12.8 Å². The molecule has 4 heteroatoms. The van der Waals surface area contributed by atoms with Gasteiger partial charge in [-0.15, -0.1) is 0 Å². The Hall–Kier alpha value is -1.39. The Morgan fingerprint density at radius 1 is 1.21 bits per heavy atom. The molecule has 2 aliphatic heterocycles. The van der Waals surface area contributed by atoms with Crippen LogP contribution in [0.5, 0.6) is 0 Å². The summed E-state index contributed by atoms with van der Waals surface area (Å²) in [6.07, 6.45) is 6.31. The highest BCUT2D eigenvalue weighted by Gasteiger charge is 2.44. The summed E-state index contributed by atoms with van der Waals surface area (Å²) in [7, 11) is 0. The molecule has 24 heavy (non-hydrogen) atoms. The Balaban J connectivity index is 1.25. The molecule has 2 saturated heterocycles. The first-order valence-corrected chi connectivity index (χ1v) is 9.30. The topological polar surface area (TPSA) is 38.8 Å². The van der Waals surface area contributed by atoms with Gasteiger partial charge in [0.1, 0.15) is 0 Å². The van der Waals surface area contributed by atoms with E-state index in [9.17, 15) is 4.79 Å². The Bertz CT molecular complexity index is 562. The predicted octanol–water partition coefficient (Wildman–Crippen LogP) is 2.81. The number of hydrogen-bond acceptors (Lipinski definition) is 3. The van der Waals surface area contributed by atoms with Crippen LogP contribution >= 0.6 is 0 Å². The van der Waals surface area contributed by atoms with Crippen molar-refractivity contribution >= 4 is 5.91 Å². The monoisotopic (exact) mass is 329 g/mol. The van der Waals surface area contributed by atoms with Crippen molar-refractivity contribution in [2.75, 3.05) is 26.3 Å². The second kappa shape index (κ2) is 6.85. The van der Waals surface area contributed by atoms with E-state index >= 15 is 0 Å². The van der Waals surface area contributed by atoms with Crippen molar-refractivity contribution in [3.05, 3.63) is 35.9 Å². The molecule has 2 heterocycles. The summed E-state index contributed by atoms with van der Waals surface area (Å²) in [6.45, 7) is 3.25. The molecule has 1 aliphatic carbocycles. The van der Waals surface area contributed by atoms with Crippen molar-refractivity contribution in [2.45, 2.75) is 50.2 Å². The number of piperidine rings is 1. The van der Waals surface area contributed by atoms with Crippen LogP contribution in [0, 0.1) is 5.92 Å². The van der Waals surface area contributed by atoms with Gasteiger partial charge < -0.3 is 14.4 Å². The fraction of sp³-hybridized carbons (Fsp3) is 0.650. The zero-order valence-corrected chi connectivity index (χ0v) is 14.3. The normalized spacial score (nSPS) is 26.0. The summed E-state index contributed by atoms with van der Waals surface area (Å²) < 4.78 is 12.1. The lowest BCUT2D eigenvalue weighted by Gasteiger charge is -2.38. The highest BCUT2D eigenvalue weighted by atomic mass is 16.6. The maximum Gasteiger partial charge on any atom is 0.226 e. The summed E-state index contributed by atoms with van der Waals surface area (Å²) in [4.78, 5) is 14.5. The number of nitrogens with zero attached hydrogens (tertiary/aromatic N) is 1. The molecule has 130 valence electrons. The van der Waals surface area contributed by atoms with Gasteiger partial charge in [-0.2, -0.15) is 0 Å². The third-order valence-electron chi connectivity index (χ3n) is 5.67. The summed E-state index contributed by atoms with van der Waals surface area (Å²) >= 11 is 0. The fourth-order valence-electron chi connectivity index (χ4n) is 3.86. The molecule has 1 saturated carbocycles. The van der Waals surface area contributed by atoms with Crippen LogP contribution in [-0.2, 0) is 20.7 Å². The number of carbonyl (C=O) groups excluding carboxylic acids is 1. The van der Waals surface area contributed by atoms with Gasteiger partial charge in [-0.05, 0) is 37.2 Å². The van der Waals surface area contributed by atoms with Crippen molar-refractivity contribution in [2.24, 2.45) is 5.92 Å². The van der Waals surface area contributed by atoms with Crippen LogP contribution < -0.4 is 0 Å². The molecule has 0 bridgehead atoms. The van der Waals surface area contributed by atoms with E-state index in [1.807, 2.05) is 35.2 Å². The molecule has 4 nitrogen and oxygen atoms in total. The van der Waals surface area contributed by atoms with E-state index in [0.717, 1.165) is 57.0 Å². The number of rotatable bonds is 5. The van der Waals surface area contributed by atoms with E-state index in [-0.39, 0.29) is 17.6 Å². The highest BCUT2D eigenvalue weighted by Crippen LogP contribution is 2.38. The Labute approximate surface area is 144 Å². The number of amides is 1. The van der Waals surface area contributed by atoms with E-state index in [1.54, 1.807) is 0 Å². The van der Waals surface area contributed by atoms with Gasteiger partial charge in [-0.25, -0.2) is 0 Å². The molecular weight excluding hydrogens is 302 g/mol. The van der Waals surface area contributed by atoms with Crippen molar-refractivity contribution in [1.82, 2.24) is 4.90 Å². The number of carbonyl (C=O) groups is 1. The molecule has 0 unspecified atom stereocenters. The van der Waals surface area contributed by atoms with E-state index in [0.29, 0.717) is 6.42 Å². The fourth-order valence-corrected chi connectivity index (χ4v) is 3.86. The van der Waals surface area contributed by atoms with Crippen molar-refractivity contribution < 1.29 is 14.3 Å². The van der Waals surface area contributed by atoms with Crippen LogP contribution in [0.3, 0.4) is 0 Å². The van der Waals surface area contributed by atoms with Crippen molar-refractivity contribution in [1.29, 1.82) is 0 Å². The molecule has 1 aromatic rings. The number of benzene rings is 1. The van der Waals surface area contributed by atoms with Gasteiger partial charge in [0.05, 0.1) is 24.7 Å². The van der Waals surface area contributed by atoms with Crippen LogP contribution in [0.4, 0.5) is 0 Å². The highest BCUT2D eigenvalue weighted by molar-refractivity contribution is 5.78. The standard InChI is InChI=1S/C20H27NO3/c22-19(12-16-4-2-1-3-5-16)21-10-8-20(9-11-21)13-18(15-24-20)23-14-17-6-7-17/h1-5,17-18H,6-15H2/t18-/m0/s1. The summed E-state index contributed by atoms with van der Waals surface area (Å²) in [5.41, 5.74) is 1.05. The SMILES string of the molecule is O=C(Cc1ccccc1)N1CCC2(CC1)C[C@H](OCC1CC1)CO2. The maximum absolute atomic E-state index is 12.5. The maximum atomic E-state index is 12.5. The first-order chi connectivity index (χ1) is 11.7. The second-order valence-corrected chi connectivity index (χ2v) is 7.64. The average molecular weight is 329 g/mol. The molecular formula is C20H27NO3. The minimum Gasteiger partial charge on any atom is -0.375 e. The predicted molar refractivity (Wildman–Crippen MR) is 91.7 cm³/mol.